The molecule has 0 radical (unpaired) electrons. The first-order valence-corrected chi connectivity index (χ1v) is 10.5. The highest BCUT2D eigenvalue weighted by Crippen LogP contribution is 2.30. The van der Waals surface area contributed by atoms with E-state index in [1.54, 1.807) is 30.3 Å². The third-order valence-corrected chi connectivity index (χ3v) is 7.02. The van der Waals surface area contributed by atoms with Gasteiger partial charge in [0.15, 0.2) is 9.84 Å². The lowest BCUT2D eigenvalue weighted by Crippen LogP contribution is -2.17. The van der Waals surface area contributed by atoms with E-state index in [1.165, 1.54) is 30.4 Å². The molecule has 1 aliphatic carbocycles. The molecular formula is C20H20N2O5S. The average molecular weight is 400 g/mol. The number of hydrogen-bond acceptors (Lipinski definition) is 5. The number of carbonyl (C=O) groups is 1. The Hall–Kier alpha value is -3.00. The summed E-state index contributed by atoms with van der Waals surface area (Å²) in [6.45, 7) is 0. The normalized spacial score (nSPS) is 15.0. The molecule has 3 rings (SSSR count). The van der Waals surface area contributed by atoms with Crippen molar-refractivity contribution in [3.63, 3.8) is 0 Å². The second-order valence-electron chi connectivity index (χ2n) is 6.61. The van der Waals surface area contributed by atoms with E-state index in [2.05, 4.69) is 5.32 Å². The van der Waals surface area contributed by atoms with Crippen LogP contribution in [0.25, 0.3) is 6.08 Å². The number of para-hydroxylation sites is 1. The maximum absolute atomic E-state index is 12.6. The van der Waals surface area contributed by atoms with Crippen molar-refractivity contribution in [2.24, 2.45) is 0 Å². The van der Waals surface area contributed by atoms with E-state index in [-0.39, 0.29) is 15.8 Å². The van der Waals surface area contributed by atoms with E-state index in [0.717, 1.165) is 12.8 Å². The molecule has 1 fully saturated rings. The second kappa shape index (κ2) is 8.35. The Labute approximate surface area is 163 Å². The van der Waals surface area contributed by atoms with E-state index in [1.807, 2.05) is 0 Å². The number of amides is 1. The van der Waals surface area contributed by atoms with E-state index >= 15 is 0 Å². The first-order valence-electron chi connectivity index (χ1n) is 8.94. The van der Waals surface area contributed by atoms with Gasteiger partial charge < -0.3 is 5.32 Å². The Kier molecular flexibility index (Phi) is 5.89. The Balaban J connectivity index is 1.67. The van der Waals surface area contributed by atoms with Crippen molar-refractivity contribution in [2.75, 3.05) is 5.32 Å². The van der Waals surface area contributed by atoms with Gasteiger partial charge in [-0.3, -0.25) is 14.9 Å². The van der Waals surface area contributed by atoms with Crippen molar-refractivity contribution in [1.82, 2.24) is 0 Å². The molecule has 28 heavy (non-hydrogen) atoms. The molecular weight excluding hydrogens is 380 g/mol. The van der Waals surface area contributed by atoms with Crippen molar-refractivity contribution < 1.29 is 18.1 Å². The molecule has 1 aliphatic rings. The van der Waals surface area contributed by atoms with Gasteiger partial charge in [0.05, 0.1) is 20.6 Å². The van der Waals surface area contributed by atoms with E-state index in [4.69, 9.17) is 0 Å². The number of nitrogens with zero attached hydrogens (tertiary/aromatic N) is 1. The number of nitro benzene ring substituents is 1. The molecule has 0 heterocycles. The average Bonchev–Trinajstić information content (AvgIpc) is 3.23. The molecule has 0 bridgehead atoms. The van der Waals surface area contributed by atoms with Gasteiger partial charge >= 0.3 is 0 Å². The van der Waals surface area contributed by atoms with Gasteiger partial charge in [0, 0.05) is 17.8 Å². The van der Waals surface area contributed by atoms with Crippen LogP contribution >= 0.6 is 0 Å². The summed E-state index contributed by atoms with van der Waals surface area (Å²) >= 11 is 0. The molecule has 0 aliphatic heterocycles. The minimum atomic E-state index is -3.33. The number of rotatable bonds is 6. The van der Waals surface area contributed by atoms with Gasteiger partial charge in [-0.25, -0.2) is 8.42 Å². The van der Waals surface area contributed by atoms with Crippen LogP contribution in [-0.4, -0.2) is 24.5 Å². The molecule has 2 aromatic rings. The fourth-order valence-electron chi connectivity index (χ4n) is 3.26. The molecule has 0 saturated heterocycles. The van der Waals surface area contributed by atoms with Gasteiger partial charge in [0.1, 0.15) is 0 Å². The molecule has 1 amide bonds. The van der Waals surface area contributed by atoms with Crippen LogP contribution in [0.1, 0.15) is 31.2 Å². The van der Waals surface area contributed by atoms with Crippen LogP contribution in [-0.2, 0) is 14.6 Å². The number of nitro groups is 1. The number of nitrogens with one attached hydrogen (secondary N) is 1. The summed E-state index contributed by atoms with van der Waals surface area (Å²) in [6.07, 6.45) is 5.82. The van der Waals surface area contributed by atoms with E-state index in [9.17, 15) is 23.3 Å². The quantitative estimate of drug-likeness (QED) is 0.449. The Morgan fingerprint density at radius 1 is 1.07 bits per heavy atom. The van der Waals surface area contributed by atoms with Crippen LogP contribution in [0.4, 0.5) is 11.4 Å². The van der Waals surface area contributed by atoms with E-state index < -0.39 is 20.7 Å². The molecule has 1 N–H and O–H groups in total. The molecule has 0 atom stereocenters. The SMILES string of the molecule is O=C(/C=C/c1ccccc1[N+](=O)[O-])Nc1ccc(S(=O)(=O)C2CCCC2)cc1. The number of benzene rings is 2. The molecule has 0 spiro atoms. The maximum atomic E-state index is 12.6. The lowest BCUT2D eigenvalue weighted by Gasteiger charge is -2.11. The summed E-state index contributed by atoms with van der Waals surface area (Å²) in [5.74, 6) is -0.468. The highest BCUT2D eigenvalue weighted by Gasteiger charge is 2.30. The van der Waals surface area contributed by atoms with Crippen molar-refractivity contribution >= 4 is 33.2 Å². The minimum Gasteiger partial charge on any atom is -0.323 e. The fraction of sp³-hybridized carbons (Fsp3) is 0.250. The second-order valence-corrected chi connectivity index (χ2v) is 8.84. The summed E-state index contributed by atoms with van der Waals surface area (Å²) in [4.78, 5) is 22.8. The van der Waals surface area contributed by atoms with E-state index in [0.29, 0.717) is 24.1 Å². The minimum absolute atomic E-state index is 0.0898. The number of carbonyl (C=O) groups excluding carboxylic acids is 1. The van der Waals surface area contributed by atoms with Gasteiger partial charge in [-0.1, -0.05) is 25.0 Å². The van der Waals surface area contributed by atoms with Crippen LogP contribution in [0.15, 0.2) is 59.5 Å². The molecule has 0 aromatic heterocycles. The third kappa shape index (κ3) is 4.45. The van der Waals surface area contributed by atoms with Crippen LogP contribution in [0.2, 0.25) is 0 Å². The van der Waals surface area contributed by atoms with Crippen molar-refractivity contribution in [1.29, 1.82) is 0 Å². The van der Waals surface area contributed by atoms with Crippen molar-refractivity contribution in [3.8, 4) is 0 Å². The van der Waals surface area contributed by atoms with Gasteiger partial charge in [-0.15, -0.1) is 0 Å². The number of anilines is 1. The van der Waals surface area contributed by atoms with Crippen LogP contribution in [0.3, 0.4) is 0 Å². The molecule has 8 heteroatoms. The van der Waals surface area contributed by atoms with Gasteiger partial charge in [-0.2, -0.15) is 0 Å². The topological polar surface area (TPSA) is 106 Å². The van der Waals surface area contributed by atoms with Crippen molar-refractivity contribution in [3.05, 3.63) is 70.3 Å². The molecule has 146 valence electrons. The molecule has 1 saturated carbocycles. The largest absolute Gasteiger partial charge is 0.323 e. The predicted octanol–water partition coefficient (Wildman–Crippen LogP) is 3.96. The highest BCUT2D eigenvalue weighted by atomic mass is 32.2. The smallest absolute Gasteiger partial charge is 0.276 e. The molecule has 0 unspecified atom stereocenters. The molecule has 2 aromatic carbocycles. The maximum Gasteiger partial charge on any atom is 0.276 e. The van der Waals surface area contributed by atoms with Crippen LogP contribution in [0.5, 0.6) is 0 Å². The monoisotopic (exact) mass is 400 g/mol. The Morgan fingerprint density at radius 2 is 1.71 bits per heavy atom. The van der Waals surface area contributed by atoms with Gasteiger partial charge in [-0.05, 0) is 49.2 Å². The zero-order valence-electron chi connectivity index (χ0n) is 15.1. The number of hydrogen-bond donors (Lipinski definition) is 1. The molecule has 7 nitrogen and oxygen atoms in total. The first-order chi connectivity index (χ1) is 13.4. The number of sulfone groups is 1. The lowest BCUT2D eigenvalue weighted by atomic mass is 10.1. The predicted molar refractivity (Wildman–Crippen MR) is 107 cm³/mol. The zero-order chi connectivity index (χ0) is 20.1. The fourth-order valence-corrected chi connectivity index (χ4v) is 5.12. The highest BCUT2D eigenvalue weighted by molar-refractivity contribution is 7.92. The van der Waals surface area contributed by atoms with Gasteiger partial charge in [0.2, 0.25) is 5.91 Å². The zero-order valence-corrected chi connectivity index (χ0v) is 15.9. The standard InChI is InChI=1S/C20H20N2O5S/c23-20(14-9-15-5-1-4-8-19(15)22(24)25)21-16-10-12-18(13-11-16)28(26,27)17-6-2-3-7-17/h1,4-5,8-14,17H,2-3,6-7H2,(H,21,23)/b14-9+. The first kappa shape index (κ1) is 19.8. The van der Waals surface area contributed by atoms with Crippen LogP contribution < -0.4 is 5.32 Å². The summed E-state index contributed by atoms with van der Waals surface area (Å²) in [5, 5.41) is 13.3. The Morgan fingerprint density at radius 3 is 2.36 bits per heavy atom. The summed E-state index contributed by atoms with van der Waals surface area (Å²) in [6, 6.07) is 12.2. The summed E-state index contributed by atoms with van der Waals surface area (Å²) < 4.78 is 25.1. The lowest BCUT2D eigenvalue weighted by molar-refractivity contribution is -0.385. The summed E-state index contributed by atoms with van der Waals surface area (Å²) in [5.41, 5.74) is 0.677. The van der Waals surface area contributed by atoms with Crippen LogP contribution in [0, 0.1) is 10.1 Å². The third-order valence-electron chi connectivity index (χ3n) is 4.74. The van der Waals surface area contributed by atoms with Crippen molar-refractivity contribution in [2.45, 2.75) is 35.8 Å². The Bertz CT molecular complexity index is 1010. The van der Waals surface area contributed by atoms with Gasteiger partial charge in [0.25, 0.3) is 5.69 Å². The summed E-state index contributed by atoms with van der Waals surface area (Å²) in [7, 11) is -3.33.